The first-order valence-corrected chi connectivity index (χ1v) is 14.3. The van der Waals surface area contributed by atoms with Crippen molar-refractivity contribution in [2.24, 2.45) is 5.92 Å². The van der Waals surface area contributed by atoms with Crippen molar-refractivity contribution in [1.82, 2.24) is 0 Å². The molecular weight excluding hydrogens is 424 g/mol. The molecule has 4 nitrogen and oxygen atoms in total. The Morgan fingerprint density at radius 2 is 1.18 bits per heavy atom. The monoisotopic (exact) mass is 478 g/mol. The van der Waals surface area contributed by atoms with E-state index in [0.717, 1.165) is 12.8 Å². The van der Waals surface area contributed by atoms with Gasteiger partial charge >= 0.3 is 11.9 Å². The van der Waals surface area contributed by atoms with E-state index in [1.807, 2.05) is 6.08 Å². The minimum atomic E-state index is -0.975. The lowest BCUT2D eigenvalue weighted by Crippen LogP contribution is -2.20. The van der Waals surface area contributed by atoms with Crippen LogP contribution in [0.5, 0.6) is 0 Å². The number of unbranched alkanes of at least 4 members (excludes halogenated alkanes) is 18. The second-order valence-electron chi connectivity index (χ2n) is 9.72. The highest BCUT2D eigenvalue weighted by Gasteiger charge is 2.21. The first-order chi connectivity index (χ1) is 16.6. The average molecular weight is 479 g/mol. The number of rotatable bonds is 26. The van der Waals surface area contributed by atoms with Gasteiger partial charge in [0.05, 0.1) is 12.3 Å². The molecule has 0 heterocycles. The Hall–Kier alpha value is -1.58. The molecule has 0 fully saturated rings. The van der Waals surface area contributed by atoms with Crippen molar-refractivity contribution < 1.29 is 19.4 Å². The van der Waals surface area contributed by atoms with Crippen LogP contribution in [0.3, 0.4) is 0 Å². The summed E-state index contributed by atoms with van der Waals surface area (Å²) in [4.78, 5) is 22.9. The number of hydrogen-bond donors (Lipinski definition) is 1. The maximum absolute atomic E-state index is 11.9. The van der Waals surface area contributed by atoms with E-state index in [-0.39, 0.29) is 13.0 Å². The van der Waals surface area contributed by atoms with E-state index in [9.17, 15) is 9.59 Å². The number of allylic oxidation sites excluding steroid dienone is 2. The third-order valence-electron chi connectivity index (χ3n) is 6.41. The van der Waals surface area contributed by atoms with Crippen LogP contribution < -0.4 is 0 Å². The van der Waals surface area contributed by atoms with Gasteiger partial charge in [0.2, 0.25) is 0 Å². The van der Waals surface area contributed by atoms with Crippen LogP contribution >= 0.6 is 0 Å². The van der Waals surface area contributed by atoms with Crippen molar-refractivity contribution in [2.45, 2.75) is 142 Å². The SMILES string of the molecule is C=CCOC(=O)C(C/C=C/CCCCCCCCCCCCCCCCCCCC)CC(=O)O. The number of carbonyl (C=O) groups is 2. The maximum atomic E-state index is 11.9. The quantitative estimate of drug-likeness (QED) is 0.0764. The van der Waals surface area contributed by atoms with E-state index < -0.39 is 17.9 Å². The molecule has 34 heavy (non-hydrogen) atoms. The molecule has 1 unspecified atom stereocenters. The minimum absolute atomic E-state index is 0.123. The van der Waals surface area contributed by atoms with Gasteiger partial charge in [0, 0.05) is 0 Å². The first-order valence-electron chi connectivity index (χ1n) is 14.3. The topological polar surface area (TPSA) is 63.6 Å². The first kappa shape index (κ1) is 32.4. The summed E-state index contributed by atoms with van der Waals surface area (Å²) in [6.45, 7) is 5.91. The van der Waals surface area contributed by atoms with Gasteiger partial charge in [0.1, 0.15) is 6.61 Å². The van der Waals surface area contributed by atoms with Crippen LogP contribution in [0.2, 0.25) is 0 Å². The van der Waals surface area contributed by atoms with Gasteiger partial charge in [-0.05, 0) is 19.3 Å². The molecule has 0 rings (SSSR count). The smallest absolute Gasteiger partial charge is 0.310 e. The van der Waals surface area contributed by atoms with Gasteiger partial charge < -0.3 is 9.84 Å². The molecule has 0 aromatic rings. The van der Waals surface area contributed by atoms with Crippen molar-refractivity contribution in [3.8, 4) is 0 Å². The molecule has 1 atom stereocenters. The van der Waals surface area contributed by atoms with Crippen molar-refractivity contribution in [3.63, 3.8) is 0 Å². The number of aliphatic carboxylic acids is 1. The Morgan fingerprint density at radius 1 is 0.735 bits per heavy atom. The summed E-state index contributed by atoms with van der Waals surface area (Å²) in [6, 6.07) is 0. The van der Waals surface area contributed by atoms with Gasteiger partial charge in [-0.2, -0.15) is 0 Å². The second kappa shape index (κ2) is 26.0. The Balaban J connectivity index is 3.46. The van der Waals surface area contributed by atoms with Crippen LogP contribution in [-0.4, -0.2) is 23.7 Å². The summed E-state index contributed by atoms with van der Waals surface area (Å²) in [5.41, 5.74) is 0. The third kappa shape index (κ3) is 23.6. The van der Waals surface area contributed by atoms with Crippen LogP contribution in [0.4, 0.5) is 0 Å². The zero-order chi connectivity index (χ0) is 25.1. The predicted octanol–water partition coefficient (Wildman–Crippen LogP) is 9.18. The van der Waals surface area contributed by atoms with Gasteiger partial charge in [-0.1, -0.05) is 141 Å². The Bertz CT molecular complexity index is 512. The van der Waals surface area contributed by atoms with Crippen molar-refractivity contribution in [2.75, 3.05) is 6.61 Å². The lowest BCUT2D eigenvalue weighted by atomic mass is 10.0. The lowest BCUT2D eigenvalue weighted by molar-refractivity contribution is -0.152. The van der Waals surface area contributed by atoms with Crippen LogP contribution in [0.25, 0.3) is 0 Å². The normalized spacial score (nSPS) is 12.1. The summed E-state index contributed by atoms with van der Waals surface area (Å²) < 4.78 is 5.00. The fourth-order valence-electron chi connectivity index (χ4n) is 4.27. The predicted molar refractivity (Wildman–Crippen MR) is 144 cm³/mol. The standard InChI is InChI=1S/C30H54O4/c1-3-5-6-7-8-9-10-11-12-13-14-15-16-17-18-19-20-21-22-23-24-25-28(27-29(31)32)30(33)34-26-4-2/h4,23-24,28H,2-3,5-22,25-27H2,1H3,(H,31,32)/b24-23+. The molecule has 4 heteroatoms. The summed E-state index contributed by atoms with van der Waals surface area (Å²) in [6.07, 6.45) is 31.5. The molecule has 0 aromatic heterocycles. The highest BCUT2D eigenvalue weighted by atomic mass is 16.5. The van der Waals surface area contributed by atoms with Crippen LogP contribution in [0, 0.1) is 5.92 Å². The van der Waals surface area contributed by atoms with Crippen molar-refractivity contribution in [3.05, 3.63) is 24.8 Å². The molecule has 0 amide bonds. The molecule has 0 radical (unpaired) electrons. The van der Waals surface area contributed by atoms with Crippen LogP contribution in [0.15, 0.2) is 24.8 Å². The molecule has 0 saturated heterocycles. The van der Waals surface area contributed by atoms with E-state index in [4.69, 9.17) is 9.84 Å². The van der Waals surface area contributed by atoms with E-state index in [1.165, 1.54) is 115 Å². The Morgan fingerprint density at radius 3 is 1.59 bits per heavy atom. The van der Waals surface area contributed by atoms with Crippen molar-refractivity contribution >= 4 is 11.9 Å². The van der Waals surface area contributed by atoms with E-state index in [2.05, 4.69) is 19.6 Å². The number of ether oxygens (including phenoxy) is 1. The molecule has 0 aromatic carbocycles. The molecule has 1 N–H and O–H groups in total. The van der Waals surface area contributed by atoms with Gasteiger partial charge in [-0.3, -0.25) is 9.59 Å². The van der Waals surface area contributed by atoms with Crippen LogP contribution in [-0.2, 0) is 14.3 Å². The molecule has 0 aliphatic heterocycles. The number of esters is 1. The van der Waals surface area contributed by atoms with Gasteiger partial charge in [-0.15, -0.1) is 0 Å². The minimum Gasteiger partial charge on any atom is -0.481 e. The van der Waals surface area contributed by atoms with Crippen LogP contribution in [0.1, 0.15) is 142 Å². The van der Waals surface area contributed by atoms with Gasteiger partial charge in [-0.25, -0.2) is 0 Å². The van der Waals surface area contributed by atoms with E-state index >= 15 is 0 Å². The molecule has 0 bridgehead atoms. The van der Waals surface area contributed by atoms with E-state index in [0.29, 0.717) is 6.42 Å². The molecule has 0 aliphatic carbocycles. The number of carboxylic acids is 1. The number of hydrogen-bond acceptors (Lipinski definition) is 3. The zero-order valence-electron chi connectivity index (χ0n) is 22.2. The van der Waals surface area contributed by atoms with E-state index in [1.54, 1.807) is 0 Å². The largest absolute Gasteiger partial charge is 0.481 e. The third-order valence-corrected chi connectivity index (χ3v) is 6.41. The average Bonchev–Trinajstić information content (AvgIpc) is 2.82. The number of carboxylic acid groups (broad SMARTS) is 1. The fourth-order valence-corrected chi connectivity index (χ4v) is 4.27. The highest BCUT2D eigenvalue weighted by molar-refractivity contribution is 5.79. The van der Waals surface area contributed by atoms with Gasteiger partial charge in [0.15, 0.2) is 0 Å². The molecule has 0 spiro atoms. The Labute approximate surface area is 210 Å². The highest BCUT2D eigenvalue weighted by Crippen LogP contribution is 2.16. The second-order valence-corrected chi connectivity index (χ2v) is 9.72. The van der Waals surface area contributed by atoms with Crippen molar-refractivity contribution in [1.29, 1.82) is 0 Å². The van der Waals surface area contributed by atoms with Gasteiger partial charge in [0.25, 0.3) is 0 Å². The fraction of sp³-hybridized carbons (Fsp3) is 0.800. The number of carbonyl (C=O) groups excluding carboxylic acids is 1. The molecular formula is C30H54O4. The molecule has 0 saturated carbocycles. The summed E-state index contributed by atoms with van der Waals surface area (Å²) in [7, 11) is 0. The maximum Gasteiger partial charge on any atom is 0.310 e. The lowest BCUT2D eigenvalue weighted by Gasteiger charge is -2.11. The molecule has 198 valence electrons. The Kier molecular flexibility index (Phi) is 24.8. The summed E-state index contributed by atoms with van der Waals surface area (Å²) >= 11 is 0. The zero-order valence-corrected chi connectivity index (χ0v) is 22.2. The summed E-state index contributed by atoms with van der Waals surface area (Å²) in [5.74, 6) is -2.05. The molecule has 0 aliphatic rings. The summed E-state index contributed by atoms with van der Waals surface area (Å²) in [5, 5.41) is 8.98.